The van der Waals surface area contributed by atoms with E-state index in [1.807, 2.05) is 0 Å². The lowest BCUT2D eigenvalue weighted by Gasteiger charge is -2.11. The van der Waals surface area contributed by atoms with Crippen LogP contribution in [-0.4, -0.2) is 35.0 Å². The number of benzene rings is 1. The lowest BCUT2D eigenvalue weighted by molar-refractivity contribution is 0.102. The highest BCUT2D eigenvalue weighted by molar-refractivity contribution is 9.10. The first-order chi connectivity index (χ1) is 9.10. The van der Waals surface area contributed by atoms with Crippen LogP contribution in [0.4, 0.5) is 0 Å². The van der Waals surface area contributed by atoms with E-state index in [-0.39, 0.29) is 5.78 Å². The predicted molar refractivity (Wildman–Crippen MR) is 71.7 cm³/mol. The molecule has 1 heterocycles. The minimum atomic E-state index is -0.241. The first-order valence-corrected chi connectivity index (χ1v) is 6.20. The average Bonchev–Trinajstić information content (AvgIpc) is 2.76. The Morgan fingerprint density at radius 1 is 1.32 bits per heavy atom. The van der Waals surface area contributed by atoms with E-state index in [9.17, 15) is 4.79 Å². The Morgan fingerprint density at radius 2 is 2.05 bits per heavy atom. The van der Waals surface area contributed by atoms with Gasteiger partial charge in [0.2, 0.25) is 5.78 Å². The topological polar surface area (TPSA) is 66.2 Å². The summed E-state index contributed by atoms with van der Waals surface area (Å²) in [5, 5.41) is 7.59. The molecule has 1 aromatic heterocycles. The molecule has 0 aliphatic carbocycles. The van der Waals surface area contributed by atoms with E-state index in [2.05, 4.69) is 26.2 Å². The van der Waals surface area contributed by atoms with Crippen molar-refractivity contribution in [3.05, 3.63) is 34.1 Å². The molecule has 0 fully saturated rings. The molecule has 1 aromatic carbocycles. The first-order valence-electron chi connectivity index (χ1n) is 5.41. The maximum atomic E-state index is 12.5. The van der Waals surface area contributed by atoms with E-state index in [1.165, 1.54) is 18.9 Å². The second kappa shape index (κ2) is 5.40. The van der Waals surface area contributed by atoms with Crippen LogP contribution in [0, 0.1) is 0 Å². The molecule has 6 nitrogen and oxygen atoms in total. The van der Waals surface area contributed by atoms with Gasteiger partial charge in [0.25, 0.3) is 0 Å². The van der Waals surface area contributed by atoms with Gasteiger partial charge in [0.05, 0.1) is 19.8 Å². The zero-order chi connectivity index (χ0) is 14.0. The first kappa shape index (κ1) is 13.5. The lowest BCUT2D eigenvalue weighted by atomic mass is 10.1. The number of methoxy groups -OCH3 is 2. The van der Waals surface area contributed by atoms with Crippen molar-refractivity contribution in [2.45, 2.75) is 0 Å². The third kappa shape index (κ3) is 2.33. The van der Waals surface area contributed by atoms with Gasteiger partial charge >= 0.3 is 0 Å². The summed E-state index contributed by atoms with van der Waals surface area (Å²) in [4.78, 5) is 12.5. The van der Waals surface area contributed by atoms with Crippen molar-refractivity contribution < 1.29 is 14.3 Å². The largest absolute Gasteiger partial charge is 0.493 e. The molecule has 0 aliphatic rings. The SMILES string of the molecule is COc1cccc(C(=O)c2c(Br)nnn2C)c1OC. The van der Waals surface area contributed by atoms with E-state index in [1.54, 1.807) is 25.2 Å². The van der Waals surface area contributed by atoms with Crippen LogP contribution in [0.25, 0.3) is 0 Å². The molecule has 0 radical (unpaired) electrons. The van der Waals surface area contributed by atoms with Crippen LogP contribution in [0.5, 0.6) is 11.5 Å². The Morgan fingerprint density at radius 3 is 2.58 bits per heavy atom. The molecule has 0 unspecified atom stereocenters. The summed E-state index contributed by atoms with van der Waals surface area (Å²) in [6, 6.07) is 5.13. The standard InChI is InChI=1S/C12H12BrN3O3/c1-16-9(12(13)14-15-16)10(17)7-5-4-6-8(18-2)11(7)19-3/h4-6H,1-3H3. The van der Waals surface area contributed by atoms with E-state index in [4.69, 9.17) is 9.47 Å². The molecule has 0 bridgehead atoms. The van der Waals surface area contributed by atoms with Crippen molar-refractivity contribution in [2.24, 2.45) is 7.05 Å². The number of rotatable bonds is 4. The fraction of sp³-hybridized carbons (Fsp3) is 0.250. The Bertz CT molecular complexity index is 605. The van der Waals surface area contributed by atoms with Gasteiger partial charge in [-0.1, -0.05) is 11.3 Å². The quantitative estimate of drug-likeness (QED) is 0.802. The van der Waals surface area contributed by atoms with Crippen molar-refractivity contribution in [2.75, 3.05) is 14.2 Å². The highest BCUT2D eigenvalue weighted by Gasteiger charge is 2.23. The molecule has 0 saturated heterocycles. The summed E-state index contributed by atoms with van der Waals surface area (Å²) in [5.74, 6) is 0.651. The molecule has 0 aliphatic heterocycles. The van der Waals surface area contributed by atoms with Crippen molar-refractivity contribution in [3.8, 4) is 11.5 Å². The zero-order valence-corrected chi connectivity index (χ0v) is 12.3. The second-order valence-corrected chi connectivity index (χ2v) is 4.47. The molecule has 0 atom stereocenters. The number of hydrogen-bond acceptors (Lipinski definition) is 5. The molecule has 19 heavy (non-hydrogen) atoms. The van der Waals surface area contributed by atoms with E-state index < -0.39 is 0 Å². The number of aromatic nitrogens is 3. The van der Waals surface area contributed by atoms with Crippen molar-refractivity contribution in [1.82, 2.24) is 15.0 Å². The summed E-state index contributed by atoms with van der Waals surface area (Å²) in [7, 11) is 4.66. The van der Waals surface area contributed by atoms with Crippen LogP contribution >= 0.6 is 15.9 Å². The van der Waals surface area contributed by atoms with Crippen LogP contribution in [0.2, 0.25) is 0 Å². The molecule has 0 N–H and O–H groups in total. The van der Waals surface area contributed by atoms with Crippen LogP contribution in [0.3, 0.4) is 0 Å². The van der Waals surface area contributed by atoms with E-state index in [0.717, 1.165) is 0 Å². The van der Waals surface area contributed by atoms with Crippen LogP contribution in [0.1, 0.15) is 16.1 Å². The number of ketones is 1. The van der Waals surface area contributed by atoms with Crippen molar-refractivity contribution in [3.63, 3.8) is 0 Å². The van der Waals surface area contributed by atoms with E-state index >= 15 is 0 Å². The zero-order valence-electron chi connectivity index (χ0n) is 10.7. The third-order valence-electron chi connectivity index (χ3n) is 2.65. The molecule has 100 valence electrons. The van der Waals surface area contributed by atoms with Crippen LogP contribution < -0.4 is 9.47 Å². The molecule has 2 aromatic rings. The number of nitrogens with zero attached hydrogens (tertiary/aromatic N) is 3. The van der Waals surface area contributed by atoms with Gasteiger partial charge < -0.3 is 9.47 Å². The van der Waals surface area contributed by atoms with Gasteiger partial charge in [0.15, 0.2) is 16.1 Å². The highest BCUT2D eigenvalue weighted by atomic mass is 79.9. The Labute approximate surface area is 118 Å². The number of para-hydroxylation sites is 1. The Balaban J connectivity index is 2.56. The minimum Gasteiger partial charge on any atom is -0.493 e. The van der Waals surface area contributed by atoms with Gasteiger partial charge in [-0.15, -0.1) is 5.10 Å². The van der Waals surface area contributed by atoms with Crippen molar-refractivity contribution in [1.29, 1.82) is 0 Å². The number of hydrogen-bond donors (Lipinski definition) is 0. The maximum Gasteiger partial charge on any atom is 0.217 e. The summed E-state index contributed by atoms with van der Waals surface area (Å²) >= 11 is 3.21. The normalized spacial score (nSPS) is 10.3. The summed E-state index contributed by atoms with van der Waals surface area (Å²) in [5.41, 5.74) is 0.750. The van der Waals surface area contributed by atoms with Crippen LogP contribution in [-0.2, 0) is 7.05 Å². The monoisotopic (exact) mass is 325 g/mol. The van der Waals surface area contributed by atoms with Crippen molar-refractivity contribution >= 4 is 21.7 Å². The predicted octanol–water partition coefficient (Wildman–Crippen LogP) is 1.83. The van der Waals surface area contributed by atoms with E-state index in [0.29, 0.717) is 27.4 Å². The van der Waals surface area contributed by atoms with Gasteiger partial charge in [-0.3, -0.25) is 4.79 Å². The highest BCUT2D eigenvalue weighted by Crippen LogP contribution is 2.32. The number of aryl methyl sites for hydroxylation is 1. The summed E-state index contributed by atoms with van der Waals surface area (Å²) in [6.07, 6.45) is 0. The van der Waals surface area contributed by atoms with Crippen LogP contribution in [0.15, 0.2) is 22.8 Å². The van der Waals surface area contributed by atoms with Gasteiger partial charge in [-0.05, 0) is 28.1 Å². The lowest BCUT2D eigenvalue weighted by Crippen LogP contribution is -2.10. The van der Waals surface area contributed by atoms with Gasteiger partial charge in [-0.25, -0.2) is 4.68 Å². The summed E-state index contributed by atoms with van der Waals surface area (Å²) in [6.45, 7) is 0. The minimum absolute atomic E-state index is 0.241. The molecule has 0 spiro atoms. The smallest absolute Gasteiger partial charge is 0.217 e. The second-order valence-electron chi connectivity index (χ2n) is 3.72. The fourth-order valence-corrected chi connectivity index (χ4v) is 2.27. The Hall–Kier alpha value is -1.89. The number of ether oxygens (including phenoxy) is 2. The maximum absolute atomic E-state index is 12.5. The molecular formula is C12H12BrN3O3. The average molecular weight is 326 g/mol. The van der Waals surface area contributed by atoms with Gasteiger partial charge in [0, 0.05) is 7.05 Å². The molecule has 7 heteroatoms. The number of carbonyl (C=O) groups excluding carboxylic acids is 1. The molecule has 2 rings (SSSR count). The number of carbonyl (C=O) groups is 1. The number of halogens is 1. The molecule has 0 saturated carbocycles. The molecular weight excluding hydrogens is 314 g/mol. The Kier molecular flexibility index (Phi) is 3.84. The fourth-order valence-electron chi connectivity index (χ4n) is 1.77. The third-order valence-corrected chi connectivity index (χ3v) is 3.18. The summed E-state index contributed by atoms with van der Waals surface area (Å²) < 4.78 is 12.2. The molecule has 0 amide bonds. The van der Waals surface area contributed by atoms with Gasteiger partial charge in [0.1, 0.15) is 5.69 Å². The van der Waals surface area contributed by atoms with Gasteiger partial charge in [-0.2, -0.15) is 0 Å².